The van der Waals surface area contributed by atoms with Crippen LogP contribution in [0.15, 0.2) is 36.4 Å². The number of halogens is 1. The molecule has 0 fully saturated rings. The van der Waals surface area contributed by atoms with Crippen molar-refractivity contribution < 1.29 is 20.1 Å². The van der Waals surface area contributed by atoms with Crippen molar-refractivity contribution in [3.05, 3.63) is 53.1 Å². The van der Waals surface area contributed by atoms with E-state index in [1.54, 1.807) is 19.1 Å². The van der Waals surface area contributed by atoms with Crippen molar-refractivity contribution >= 4 is 22.8 Å². The fourth-order valence-electron chi connectivity index (χ4n) is 2.41. The van der Waals surface area contributed by atoms with E-state index >= 15 is 0 Å². The Kier molecular flexibility index (Phi) is 7.25. The third kappa shape index (κ3) is 4.97. The van der Waals surface area contributed by atoms with Gasteiger partial charge in [-0.2, -0.15) is 0 Å². The van der Waals surface area contributed by atoms with E-state index < -0.39 is 0 Å². The molecule has 0 saturated carbocycles. The van der Waals surface area contributed by atoms with Gasteiger partial charge in [-0.15, -0.1) is 17.0 Å². The van der Waals surface area contributed by atoms with Crippen molar-refractivity contribution in [3.63, 3.8) is 0 Å². The number of rotatable bonds is 6. The molecule has 1 atom stereocenters. The average Bonchev–Trinajstić information content (AvgIpc) is 2.53. The van der Waals surface area contributed by atoms with Crippen LogP contribution < -0.4 is 5.32 Å². The van der Waals surface area contributed by atoms with E-state index in [0.29, 0.717) is 11.1 Å². The van der Waals surface area contributed by atoms with Crippen molar-refractivity contribution in [2.75, 3.05) is 6.54 Å². The molecule has 2 aromatic rings. The molecule has 0 amide bonds. The molecule has 6 heteroatoms. The lowest BCUT2D eigenvalue weighted by molar-refractivity contribution is 0.0986. The summed E-state index contributed by atoms with van der Waals surface area (Å²) in [6.45, 7) is 3.72. The third-order valence-corrected chi connectivity index (χ3v) is 3.80. The smallest absolute Gasteiger partial charge is 0.177 e. The number of ketones is 1. The van der Waals surface area contributed by atoms with E-state index in [-0.39, 0.29) is 52.6 Å². The summed E-state index contributed by atoms with van der Waals surface area (Å²) < 4.78 is 0. The van der Waals surface area contributed by atoms with Gasteiger partial charge in [-0.1, -0.05) is 12.1 Å². The number of hydrogen-bond acceptors (Lipinski definition) is 5. The number of Topliss-reactive ketones (excluding diaryl/α,β-unsaturated/α-hetero) is 1. The van der Waals surface area contributed by atoms with E-state index in [1.807, 2.05) is 19.1 Å². The minimum Gasteiger partial charge on any atom is -0.508 e. The highest BCUT2D eigenvalue weighted by Crippen LogP contribution is 2.30. The van der Waals surface area contributed by atoms with Crippen LogP contribution in [-0.2, 0) is 6.42 Å². The molecule has 0 aliphatic carbocycles. The topological polar surface area (TPSA) is 89.8 Å². The van der Waals surface area contributed by atoms with Crippen LogP contribution in [-0.4, -0.2) is 33.7 Å². The molecule has 0 saturated heterocycles. The molecule has 130 valence electrons. The zero-order valence-corrected chi connectivity index (χ0v) is 15.3. The zero-order chi connectivity index (χ0) is 17.0. The highest BCUT2D eigenvalue weighted by atomic mass is 79.9. The molecule has 0 aromatic heterocycles. The van der Waals surface area contributed by atoms with Crippen LogP contribution in [0.2, 0.25) is 0 Å². The maximum atomic E-state index is 12.2. The monoisotopic (exact) mass is 395 g/mol. The van der Waals surface area contributed by atoms with Gasteiger partial charge in [0.2, 0.25) is 0 Å². The van der Waals surface area contributed by atoms with Gasteiger partial charge in [0.15, 0.2) is 17.3 Å². The molecule has 5 nitrogen and oxygen atoms in total. The van der Waals surface area contributed by atoms with E-state index in [4.69, 9.17) is 0 Å². The standard InChI is InChI=1S/C18H21NO4.BrH/c1-11(9-13-3-5-14(20)6-4-13)19-10-17(22)15-7-8-16(21)18(23)12(15)2;/h3-8,11,19-21,23H,9-10H2,1-2H3;1H. The first-order valence-electron chi connectivity index (χ1n) is 7.44. The highest BCUT2D eigenvalue weighted by Gasteiger charge is 2.15. The van der Waals surface area contributed by atoms with Gasteiger partial charge in [0.25, 0.3) is 0 Å². The van der Waals surface area contributed by atoms with E-state index in [0.717, 1.165) is 12.0 Å². The van der Waals surface area contributed by atoms with Crippen LogP contribution in [0.1, 0.15) is 28.4 Å². The summed E-state index contributed by atoms with van der Waals surface area (Å²) >= 11 is 0. The Labute approximate surface area is 151 Å². The first-order chi connectivity index (χ1) is 10.9. The van der Waals surface area contributed by atoms with Crippen LogP contribution in [0.5, 0.6) is 17.2 Å². The number of benzene rings is 2. The molecule has 4 N–H and O–H groups in total. The number of carbonyl (C=O) groups excluding carboxylic acids is 1. The molecule has 0 aliphatic heterocycles. The van der Waals surface area contributed by atoms with Gasteiger partial charge in [-0.25, -0.2) is 0 Å². The number of hydrogen-bond donors (Lipinski definition) is 4. The van der Waals surface area contributed by atoms with Gasteiger partial charge in [0.05, 0.1) is 6.54 Å². The maximum Gasteiger partial charge on any atom is 0.177 e. The van der Waals surface area contributed by atoms with Crippen LogP contribution >= 0.6 is 17.0 Å². The molecule has 0 spiro atoms. The van der Waals surface area contributed by atoms with Crippen LogP contribution in [0.3, 0.4) is 0 Å². The molecular formula is C18H22BrNO4. The first-order valence-corrected chi connectivity index (χ1v) is 7.44. The molecule has 2 rings (SSSR count). The Hall–Kier alpha value is -2.05. The quantitative estimate of drug-likeness (QED) is 0.445. The number of nitrogens with one attached hydrogen (secondary N) is 1. The first kappa shape index (κ1) is 20.0. The number of carbonyl (C=O) groups is 1. The Bertz CT molecular complexity index is 701. The molecule has 0 bridgehead atoms. The lowest BCUT2D eigenvalue weighted by Gasteiger charge is -2.14. The highest BCUT2D eigenvalue weighted by molar-refractivity contribution is 8.93. The molecule has 24 heavy (non-hydrogen) atoms. The van der Waals surface area contributed by atoms with Gasteiger partial charge in [-0.05, 0) is 50.1 Å². The lowest BCUT2D eigenvalue weighted by atomic mass is 10.0. The predicted molar refractivity (Wildman–Crippen MR) is 98.4 cm³/mol. The van der Waals surface area contributed by atoms with Gasteiger partial charge in [0.1, 0.15) is 5.75 Å². The second-order valence-corrected chi connectivity index (χ2v) is 5.68. The zero-order valence-electron chi connectivity index (χ0n) is 13.6. The molecule has 0 radical (unpaired) electrons. The molecule has 1 unspecified atom stereocenters. The summed E-state index contributed by atoms with van der Waals surface area (Å²) in [7, 11) is 0. The number of phenolic OH excluding ortho intramolecular Hbond substituents is 3. The largest absolute Gasteiger partial charge is 0.508 e. The van der Waals surface area contributed by atoms with Crippen LogP contribution in [0.4, 0.5) is 0 Å². The molecule has 0 heterocycles. The number of aromatic hydroxyl groups is 3. The summed E-state index contributed by atoms with van der Waals surface area (Å²) in [5.41, 5.74) is 1.83. The SMILES string of the molecule is Br.Cc1c(C(=O)CNC(C)Cc2ccc(O)cc2)ccc(O)c1O. The fraction of sp³-hybridized carbons (Fsp3) is 0.278. The van der Waals surface area contributed by atoms with E-state index in [2.05, 4.69) is 5.32 Å². The molecule has 2 aromatic carbocycles. The van der Waals surface area contributed by atoms with Crippen molar-refractivity contribution in [1.82, 2.24) is 5.32 Å². The van der Waals surface area contributed by atoms with Gasteiger partial charge >= 0.3 is 0 Å². The van der Waals surface area contributed by atoms with Crippen molar-refractivity contribution in [2.24, 2.45) is 0 Å². The second kappa shape index (κ2) is 8.70. The maximum absolute atomic E-state index is 12.2. The van der Waals surface area contributed by atoms with Crippen molar-refractivity contribution in [2.45, 2.75) is 26.3 Å². The third-order valence-electron chi connectivity index (χ3n) is 3.80. The minimum atomic E-state index is -0.256. The predicted octanol–water partition coefficient (Wildman–Crippen LogP) is 3.09. The Balaban J connectivity index is 0.00000288. The lowest BCUT2D eigenvalue weighted by Crippen LogP contribution is -2.33. The Morgan fingerprint density at radius 3 is 2.33 bits per heavy atom. The Morgan fingerprint density at radius 2 is 1.71 bits per heavy atom. The van der Waals surface area contributed by atoms with Gasteiger partial charge < -0.3 is 20.6 Å². The second-order valence-electron chi connectivity index (χ2n) is 5.68. The molecule has 0 aliphatic rings. The molecular weight excluding hydrogens is 374 g/mol. The number of phenols is 3. The summed E-state index contributed by atoms with van der Waals surface area (Å²) in [6, 6.07) is 9.86. The van der Waals surface area contributed by atoms with Crippen molar-refractivity contribution in [1.29, 1.82) is 0 Å². The minimum absolute atomic E-state index is 0. The summed E-state index contributed by atoms with van der Waals surface area (Å²) in [5.74, 6) is -0.400. The summed E-state index contributed by atoms with van der Waals surface area (Å²) in [5, 5.41) is 31.5. The summed E-state index contributed by atoms with van der Waals surface area (Å²) in [6.07, 6.45) is 0.730. The average molecular weight is 396 g/mol. The van der Waals surface area contributed by atoms with E-state index in [9.17, 15) is 20.1 Å². The van der Waals surface area contributed by atoms with Crippen LogP contribution in [0.25, 0.3) is 0 Å². The van der Waals surface area contributed by atoms with Crippen molar-refractivity contribution in [3.8, 4) is 17.2 Å². The van der Waals surface area contributed by atoms with Gasteiger partial charge in [0, 0.05) is 17.2 Å². The fourth-order valence-corrected chi connectivity index (χ4v) is 2.41. The summed E-state index contributed by atoms with van der Waals surface area (Å²) in [4.78, 5) is 12.2. The van der Waals surface area contributed by atoms with Crippen LogP contribution in [0, 0.1) is 6.92 Å². The Morgan fingerprint density at radius 1 is 1.08 bits per heavy atom. The van der Waals surface area contributed by atoms with E-state index in [1.165, 1.54) is 12.1 Å². The normalized spacial score (nSPS) is 11.6. The van der Waals surface area contributed by atoms with Gasteiger partial charge in [-0.3, -0.25) is 4.79 Å².